The minimum absolute atomic E-state index is 0.0288. The summed E-state index contributed by atoms with van der Waals surface area (Å²) in [6.45, 7) is 4.18. The Labute approximate surface area is 203 Å². The predicted molar refractivity (Wildman–Crippen MR) is 117 cm³/mol. The predicted octanol–water partition coefficient (Wildman–Crippen LogP) is 4.69. The molecule has 0 bridgehead atoms. The van der Waals surface area contributed by atoms with Crippen molar-refractivity contribution in [2.45, 2.75) is 63.1 Å². The van der Waals surface area contributed by atoms with Crippen molar-refractivity contribution in [1.29, 1.82) is 0 Å². The number of alkyl halides is 3. The van der Waals surface area contributed by atoms with Crippen molar-refractivity contribution in [1.82, 2.24) is 15.1 Å². The molecule has 1 aromatic heterocycles. The first-order valence-corrected chi connectivity index (χ1v) is 11.4. The van der Waals surface area contributed by atoms with Crippen LogP contribution in [0.15, 0.2) is 36.8 Å². The number of ether oxygens (including phenoxy) is 2. The molecule has 1 aliphatic carbocycles. The van der Waals surface area contributed by atoms with Crippen molar-refractivity contribution in [2.24, 2.45) is 5.92 Å². The average molecular weight is 518 g/mol. The Balaban J connectivity index is 1.21. The number of hydrogen-bond donors (Lipinski definition) is 2. The van der Waals surface area contributed by atoms with Gasteiger partial charge in [0.2, 0.25) is 0 Å². The van der Waals surface area contributed by atoms with Crippen LogP contribution in [0.3, 0.4) is 0 Å². The van der Waals surface area contributed by atoms with Crippen molar-refractivity contribution in [3.63, 3.8) is 0 Å². The number of benzene rings is 1. The smallest absolute Gasteiger partial charge is 0.389 e. The molecule has 2 atom stereocenters. The van der Waals surface area contributed by atoms with E-state index in [2.05, 4.69) is 17.0 Å². The second kappa shape index (κ2) is 10.1. The van der Waals surface area contributed by atoms with E-state index in [-0.39, 0.29) is 23.3 Å². The molecule has 1 aromatic carbocycles. The van der Waals surface area contributed by atoms with Gasteiger partial charge in [0.1, 0.15) is 11.6 Å². The van der Waals surface area contributed by atoms with Gasteiger partial charge >= 0.3 is 6.18 Å². The molecule has 2 heterocycles. The molecule has 2 aromatic rings. The minimum atomic E-state index is -4.15. The Bertz CT molecular complexity index is 1100. The van der Waals surface area contributed by atoms with Crippen molar-refractivity contribution in [3.8, 4) is 11.5 Å². The summed E-state index contributed by atoms with van der Waals surface area (Å²) in [4.78, 5) is 12.6. The average Bonchev–Trinajstić information content (AvgIpc) is 3.18. The number of aliphatic hydroxyl groups is 1. The highest BCUT2D eigenvalue weighted by Crippen LogP contribution is 2.39. The number of fused-ring (bicyclic) bond motifs is 1. The van der Waals surface area contributed by atoms with Gasteiger partial charge in [0.05, 0.1) is 29.6 Å². The van der Waals surface area contributed by atoms with Crippen LogP contribution in [-0.2, 0) is 11.3 Å². The third-order valence-electron chi connectivity index (χ3n) is 5.98. The van der Waals surface area contributed by atoms with E-state index >= 15 is 0 Å². The molecule has 7 nitrogen and oxygen atoms in total. The van der Waals surface area contributed by atoms with E-state index in [0.717, 1.165) is 6.07 Å². The zero-order valence-electron chi connectivity index (χ0n) is 18.5. The SMILES string of the molecule is C=C(CCn1cc(OC2CC(CC(F)(F)F)C2)cn1)NC(=O)[C@H]1C[C@@H](O)c2cc(Cl)c(F)cc2O1. The van der Waals surface area contributed by atoms with Crippen molar-refractivity contribution in [3.05, 3.63) is 53.2 Å². The van der Waals surface area contributed by atoms with Gasteiger partial charge < -0.3 is 19.9 Å². The van der Waals surface area contributed by atoms with Crippen LogP contribution in [0, 0.1) is 11.7 Å². The number of carbonyl (C=O) groups excluding carboxylic acids is 1. The lowest BCUT2D eigenvalue weighted by atomic mass is 9.80. The number of amides is 1. The maximum Gasteiger partial charge on any atom is 0.389 e. The number of halogens is 5. The first kappa shape index (κ1) is 25.3. The van der Waals surface area contributed by atoms with E-state index < -0.39 is 42.4 Å². The maximum absolute atomic E-state index is 13.7. The number of aromatic nitrogens is 2. The fourth-order valence-electron chi connectivity index (χ4n) is 4.15. The molecule has 1 aliphatic heterocycles. The molecule has 1 saturated carbocycles. The lowest BCUT2D eigenvalue weighted by molar-refractivity contribution is -0.156. The summed E-state index contributed by atoms with van der Waals surface area (Å²) in [5, 5.41) is 16.9. The van der Waals surface area contributed by atoms with Crippen LogP contribution < -0.4 is 14.8 Å². The second-order valence-corrected chi connectivity index (χ2v) is 9.25. The van der Waals surface area contributed by atoms with E-state index in [1.54, 1.807) is 10.9 Å². The van der Waals surface area contributed by atoms with E-state index in [0.29, 0.717) is 42.8 Å². The lowest BCUT2D eigenvalue weighted by Gasteiger charge is -2.35. The molecule has 190 valence electrons. The molecule has 2 N–H and O–H groups in total. The summed E-state index contributed by atoms with van der Waals surface area (Å²) in [5.41, 5.74) is 0.696. The molecule has 4 rings (SSSR count). The Morgan fingerprint density at radius 3 is 2.80 bits per heavy atom. The van der Waals surface area contributed by atoms with Crippen LogP contribution in [0.5, 0.6) is 11.5 Å². The molecular formula is C23H24ClF4N3O4. The normalized spacial score (nSPS) is 23.6. The van der Waals surface area contributed by atoms with Crippen molar-refractivity contribution in [2.75, 3.05) is 0 Å². The van der Waals surface area contributed by atoms with Gasteiger partial charge in [-0.25, -0.2) is 4.39 Å². The number of allylic oxidation sites excluding steroid dienone is 1. The highest BCUT2D eigenvalue weighted by Gasteiger charge is 2.40. The van der Waals surface area contributed by atoms with Crippen LogP contribution in [0.2, 0.25) is 5.02 Å². The van der Waals surface area contributed by atoms with E-state index in [9.17, 15) is 27.5 Å². The summed E-state index contributed by atoms with van der Waals surface area (Å²) in [6.07, 6.45) is -3.15. The van der Waals surface area contributed by atoms with Crippen molar-refractivity contribution < 1.29 is 36.9 Å². The van der Waals surface area contributed by atoms with Crippen LogP contribution in [0.25, 0.3) is 0 Å². The quantitative estimate of drug-likeness (QED) is 0.496. The minimum Gasteiger partial charge on any atom is -0.487 e. The summed E-state index contributed by atoms with van der Waals surface area (Å²) in [5.74, 6) is -1.13. The zero-order chi connectivity index (χ0) is 25.3. The fraction of sp³-hybridized carbons (Fsp3) is 0.478. The van der Waals surface area contributed by atoms with Gasteiger partial charge in [-0.15, -0.1) is 0 Å². The molecular weight excluding hydrogens is 494 g/mol. The van der Waals surface area contributed by atoms with Gasteiger partial charge in [0.25, 0.3) is 5.91 Å². The number of nitrogens with zero attached hydrogens (tertiary/aromatic N) is 2. The highest BCUT2D eigenvalue weighted by atomic mass is 35.5. The molecule has 0 radical (unpaired) electrons. The molecule has 0 spiro atoms. The van der Waals surface area contributed by atoms with E-state index in [4.69, 9.17) is 21.1 Å². The Morgan fingerprint density at radius 1 is 1.34 bits per heavy atom. The molecule has 1 amide bonds. The van der Waals surface area contributed by atoms with Crippen LogP contribution >= 0.6 is 11.6 Å². The Morgan fingerprint density at radius 2 is 2.09 bits per heavy atom. The zero-order valence-corrected chi connectivity index (χ0v) is 19.3. The van der Waals surface area contributed by atoms with Gasteiger partial charge in [-0.05, 0) is 24.8 Å². The molecule has 12 heteroatoms. The van der Waals surface area contributed by atoms with Gasteiger partial charge in [0, 0.05) is 43.1 Å². The third-order valence-corrected chi connectivity index (χ3v) is 6.27. The van der Waals surface area contributed by atoms with Gasteiger partial charge in [0.15, 0.2) is 11.9 Å². The van der Waals surface area contributed by atoms with Crippen LogP contribution in [-0.4, -0.2) is 39.2 Å². The second-order valence-electron chi connectivity index (χ2n) is 8.84. The number of aryl methyl sites for hydroxylation is 1. The number of rotatable bonds is 8. The first-order valence-electron chi connectivity index (χ1n) is 11.0. The topological polar surface area (TPSA) is 85.6 Å². The molecule has 2 aliphatic rings. The van der Waals surface area contributed by atoms with Crippen molar-refractivity contribution >= 4 is 17.5 Å². The fourth-order valence-corrected chi connectivity index (χ4v) is 4.32. The molecule has 1 fully saturated rings. The first-order chi connectivity index (χ1) is 16.5. The largest absolute Gasteiger partial charge is 0.487 e. The van der Waals surface area contributed by atoms with E-state index in [1.165, 1.54) is 12.3 Å². The molecule has 0 unspecified atom stereocenters. The number of aliphatic hydroxyl groups excluding tert-OH is 1. The number of carbonyl (C=O) groups is 1. The van der Waals surface area contributed by atoms with Gasteiger partial charge in [-0.1, -0.05) is 18.2 Å². The van der Waals surface area contributed by atoms with Gasteiger partial charge in [-0.2, -0.15) is 18.3 Å². The third kappa shape index (κ3) is 6.46. The molecule has 0 saturated heterocycles. The number of hydrogen-bond acceptors (Lipinski definition) is 5. The lowest BCUT2D eigenvalue weighted by Crippen LogP contribution is -2.41. The number of nitrogens with one attached hydrogen (secondary N) is 1. The van der Waals surface area contributed by atoms with Crippen LogP contribution in [0.1, 0.15) is 43.8 Å². The maximum atomic E-state index is 13.7. The summed E-state index contributed by atoms with van der Waals surface area (Å²) in [6, 6.07) is 2.31. The van der Waals surface area contributed by atoms with E-state index in [1.807, 2.05) is 0 Å². The summed E-state index contributed by atoms with van der Waals surface area (Å²) >= 11 is 5.74. The van der Waals surface area contributed by atoms with Crippen LogP contribution in [0.4, 0.5) is 17.6 Å². The molecule has 35 heavy (non-hydrogen) atoms. The summed E-state index contributed by atoms with van der Waals surface area (Å²) in [7, 11) is 0. The van der Waals surface area contributed by atoms with Gasteiger partial charge in [-0.3, -0.25) is 9.48 Å². The highest BCUT2D eigenvalue weighted by molar-refractivity contribution is 6.30. The Kier molecular flexibility index (Phi) is 7.27. The summed E-state index contributed by atoms with van der Waals surface area (Å²) < 4.78 is 63.7. The monoisotopic (exact) mass is 517 g/mol. The Hall–Kier alpha value is -2.79. The standard InChI is InChI=1S/C23H24ClF4N3O4/c1-12(30-22(33)21-8-19(32)16-6-17(24)18(25)7-20(16)35-21)2-3-31-11-15(10-29-31)34-14-4-13(5-14)9-23(26,27)28/h6-7,10-11,13-14,19,21,32H,1-5,8-9H2,(H,30,33)/t13?,14?,19-,21-/m1/s1.